The lowest BCUT2D eigenvalue weighted by molar-refractivity contribution is -0.141. The fourth-order valence-electron chi connectivity index (χ4n) is 1.35. The molecular formula is C9H13NO3. The van der Waals surface area contributed by atoms with Gasteiger partial charge >= 0.3 is 0 Å². The van der Waals surface area contributed by atoms with Crippen LogP contribution in [0.3, 0.4) is 0 Å². The number of carbonyl (C=O) groups excluding carboxylic acids is 2. The largest absolute Gasteiger partial charge is 0.394 e. The standard InChI is InChI=1S/C9H13NO3/c1-3-7(5-11)10-8(12)4-6(2)9(10)13/h4,7,11H,3,5H2,1-2H3/t7-/m0/s1. The van der Waals surface area contributed by atoms with Gasteiger partial charge in [-0.15, -0.1) is 0 Å². The second kappa shape index (κ2) is 3.70. The third kappa shape index (κ3) is 1.62. The zero-order valence-corrected chi connectivity index (χ0v) is 7.78. The molecule has 0 fully saturated rings. The molecule has 1 N–H and O–H groups in total. The molecule has 0 aliphatic carbocycles. The number of aliphatic hydroxyl groups excluding tert-OH is 1. The van der Waals surface area contributed by atoms with Crippen molar-refractivity contribution in [2.75, 3.05) is 6.61 Å². The minimum absolute atomic E-state index is 0.172. The third-order valence-corrected chi connectivity index (χ3v) is 2.18. The first-order valence-corrected chi connectivity index (χ1v) is 4.28. The van der Waals surface area contributed by atoms with Crippen molar-refractivity contribution in [2.45, 2.75) is 26.3 Å². The summed E-state index contributed by atoms with van der Waals surface area (Å²) >= 11 is 0. The maximum absolute atomic E-state index is 11.4. The molecule has 1 aliphatic rings. The van der Waals surface area contributed by atoms with Gasteiger partial charge in [-0.2, -0.15) is 0 Å². The molecule has 0 spiro atoms. The van der Waals surface area contributed by atoms with Gasteiger partial charge in [0, 0.05) is 11.6 Å². The van der Waals surface area contributed by atoms with Gasteiger partial charge in [0.15, 0.2) is 0 Å². The topological polar surface area (TPSA) is 57.6 Å². The van der Waals surface area contributed by atoms with E-state index in [-0.39, 0.29) is 24.5 Å². The van der Waals surface area contributed by atoms with Crippen LogP contribution in [0.25, 0.3) is 0 Å². The van der Waals surface area contributed by atoms with E-state index in [4.69, 9.17) is 5.11 Å². The Kier molecular flexibility index (Phi) is 2.83. The highest BCUT2D eigenvalue weighted by Crippen LogP contribution is 2.16. The zero-order valence-electron chi connectivity index (χ0n) is 7.78. The fraction of sp³-hybridized carbons (Fsp3) is 0.556. The smallest absolute Gasteiger partial charge is 0.256 e. The summed E-state index contributed by atoms with van der Waals surface area (Å²) in [6.45, 7) is 3.26. The van der Waals surface area contributed by atoms with E-state index in [1.54, 1.807) is 6.92 Å². The minimum atomic E-state index is -0.381. The van der Waals surface area contributed by atoms with Gasteiger partial charge in [0.2, 0.25) is 0 Å². The van der Waals surface area contributed by atoms with Gasteiger partial charge in [-0.05, 0) is 13.3 Å². The van der Waals surface area contributed by atoms with Gasteiger partial charge in [-0.25, -0.2) is 0 Å². The number of nitrogens with zero attached hydrogens (tertiary/aromatic N) is 1. The molecule has 0 saturated carbocycles. The molecule has 1 atom stereocenters. The van der Waals surface area contributed by atoms with Crippen LogP contribution in [0.2, 0.25) is 0 Å². The fourth-order valence-corrected chi connectivity index (χ4v) is 1.35. The molecule has 0 bridgehead atoms. The Hall–Kier alpha value is -1.16. The van der Waals surface area contributed by atoms with E-state index in [0.717, 1.165) is 4.90 Å². The third-order valence-electron chi connectivity index (χ3n) is 2.18. The minimum Gasteiger partial charge on any atom is -0.394 e. The number of rotatable bonds is 3. The molecule has 4 nitrogen and oxygen atoms in total. The van der Waals surface area contributed by atoms with Gasteiger partial charge in [-0.1, -0.05) is 6.92 Å². The van der Waals surface area contributed by atoms with Crippen molar-refractivity contribution < 1.29 is 14.7 Å². The number of carbonyl (C=O) groups is 2. The molecule has 13 heavy (non-hydrogen) atoms. The molecule has 0 aromatic rings. The summed E-state index contributed by atoms with van der Waals surface area (Å²) in [4.78, 5) is 23.8. The molecule has 0 unspecified atom stereocenters. The molecule has 2 amide bonds. The van der Waals surface area contributed by atoms with Crippen molar-refractivity contribution in [2.24, 2.45) is 0 Å². The van der Waals surface area contributed by atoms with Crippen molar-refractivity contribution in [1.82, 2.24) is 4.90 Å². The van der Waals surface area contributed by atoms with Crippen LogP contribution in [-0.4, -0.2) is 34.5 Å². The Bertz CT molecular complexity index is 266. The summed E-state index contributed by atoms with van der Waals surface area (Å²) in [5, 5.41) is 8.94. The number of hydrogen-bond donors (Lipinski definition) is 1. The van der Waals surface area contributed by atoms with Crippen molar-refractivity contribution in [3.8, 4) is 0 Å². The monoisotopic (exact) mass is 183 g/mol. The maximum Gasteiger partial charge on any atom is 0.256 e. The van der Waals surface area contributed by atoms with E-state index in [1.165, 1.54) is 6.08 Å². The Morgan fingerprint density at radius 3 is 2.46 bits per heavy atom. The summed E-state index contributed by atoms with van der Waals surface area (Å²) < 4.78 is 0. The van der Waals surface area contributed by atoms with Crippen LogP contribution in [0.4, 0.5) is 0 Å². The number of amides is 2. The van der Waals surface area contributed by atoms with Crippen molar-refractivity contribution in [1.29, 1.82) is 0 Å². The van der Waals surface area contributed by atoms with Gasteiger partial charge in [-0.3, -0.25) is 14.5 Å². The first kappa shape index (κ1) is 9.92. The van der Waals surface area contributed by atoms with Crippen LogP contribution in [0.5, 0.6) is 0 Å². The molecule has 1 heterocycles. The molecule has 0 aromatic carbocycles. The maximum atomic E-state index is 11.4. The van der Waals surface area contributed by atoms with Crippen LogP contribution < -0.4 is 0 Å². The number of hydrogen-bond acceptors (Lipinski definition) is 3. The van der Waals surface area contributed by atoms with Gasteiger partial charge < -0.3 is 5.11 Å². The van der Waals surface area contributed by atoms with E-state index in [1.807, 2.05) is 6.92 Å². The van der Waals surface area contributed by atoms with Crippen molar-refractivity contribution in [3.05, 3.63) is 11.6 Å². The normalized spacial score (nSPS) is 19.3. The molecule has 72 valence electrons. The Morgan fingerprint density at radius 1 is 1.54 bits per heavy atom. The van der Waals surface area contributed by atoms with E-state index in [0.29, 0.717) is 12.0 Å². The highest BCUT2D eigenvalue weighted by Gasteiger charge is 2.33. The lowest BCUT2D eigenvalue weighted by Crippen LogP contribution is -2.42. The Morgan fingerprint density at radius 2 is 2.15 bits per heavy atom. The molecule has 1 aliphatic heterocycles. The number of imide groups is 1. The average Bonchev–Trinajstić information content (AvgIpc) is 2.34. The highest BCUT2D eigenvalue weighted by atomic mass is 16.3. The van der Waals surface area contributed by atoms with E-state index in [9.17, 15) is 9.59 Å². The summed E-state index contributed by atoms with van der Waals surface area (Å²) in [6.07, 6.45) is 1.88. The first-order valence-electron chi connectivity index (χ1n) is 4.28. The molecule has 4 heteroatoms. The predicted molar refractivity (Wildman–Crippen MR) is 46.8 cm³/mol. The van der Waals surface area contributed by atoms with Crippen molar-refractivity contribution >= 4 is 11.8 Å². The second-order valence-electron chi connectivity index (χ2n) is 3.09. The molecule has 1 rings (SSSR count). The first-order chi connectivity index (χ1) is 6.11. The quantitative estimate of drug-likeness (QED) is 0.630. The summed E-state index contributed by atoms with van der Waals surface area (Å²) in [5.74, 6) is -0.602. The molecular weight excluding hydrogens is 170 g/mol. The van der Waals surface area contributed by atoms with E-state index >= 15 is 0 Å². The van der Waals surface area contributed by atoms with Crippen LogP contribution >= 0.6 is 0 Å². The van der Waals surface area contributed by atoms with Crippen molar-refractivity contribution in [3.63, 3.8) is 0 Å². The van der Waals surface area contributed by atoms with Crippen LogP contribution in [0.1, 0.15) is 20.3 Å². The van der Waals surface area contributed by atoms with E-state index < -0.39 is 0 Å². The summed E-state index contributed by atoms with van der Waals surface area (Å²) in [6, 6.07) is -0.381. The van der Waals surface area contributed by atoms with Gasteiger partial charge in [0.1, 0.15) is 0 Å². The lowest BCUT2D eigenvalue weighted by Gasteiger charge is -2.23. The van der Waals surface area contributed by atoms with Gasteiger partial charge in [0.05, 0.1) is 12.6 Å². The second-order valence-corrected chi connectivity index (χ2v) is 3.09. The molecule has 0 saturated heterocycles. The van der Waals surface area contributed by atoms with Crippen LogP contribution in [0, 0.1) is 0 Å². The Balaban J connectivity index is 2.83. The summed E-state index contributed by atoms with van der Waals surface area (Å²) in [7, 11) is 0. The molecule has 0 aromatic heterocycles. The zero-order chi connectivity index (χ0) is 10.0. The Labute approximate surface area is 76.8 Å². The van der Waals surface area contributed by atoms with Crippen LogP contribution in [-0.2, 0) is 9.59 Å². The summed E-state index contributed by atoms with van der Waals surface area (Å²) in [5.41, 5.74) is 0.442. The average molecular weight is 183 g/mol. The van der Waals surface area contributed by atoms with E-state index in [2.05, 4.69) is 0 Å². The predicted octanol–water partition coefficient (Wildman–Crippen LogP) is 0.0724. The van der Waals surface area contributed by atoms with Crippen LogP contribution in [0.15, 0.2) is 11.6 Å². The lowest BCUT2D eigenvalue weighted by atomic mass is 10.2. The highest BCUT2D eigenvalue weighted by molar-refractivity contribution is 6.16. The van der Waals surface area contributed by atoms with Gasteiger partial charge in [0.25, 0.3) is 11.8 Å². The molecule has 0 radical (unpaired) electrons. The SMILES string of the molecule is CC[C@@H](CO)N1C(=O)C=C(C)C1=O. The number of aliphatic hydroxyl groups is 1.